The minimum absolute atomic E-state index is 0.639. The summed E-state index contributed by atoms with van der Waals surface area (Å²) in [5.41, 5.74) is 2.69. The van der Waals surface area contributed by atoms with E-state index in [4.69, 9.17) is 19.3 Å². The first-order chi connectivity index (χ1) is 8.62. The number of hydrogen-bond acceptors (Lipinski definition) is 0. The molecule has 0 fully saturated rings. The Kier molecular flexibility index (Phi) is 19.5. The second-order valence-electron chi connectivity index (χ2n) is 3.55. The van der Waals surface area contributed by atoms with Crippen LogP contribution in [0.25, 0.3) is 0 Å². The molecule has 0 amide bonds. The van der Waals surface area contributed by atoms with E-state index in [2.05, 4.69) is 51.2 Å². The average Bonchev–Trinajstić information content (AvgIpc) is 2.95. The molecule has 0 aliphatic rings. The Labute approximate surface area is 130 Å². The van der Waals surface area contributed by atoms with Gasteiger partial charge in [-0.05, 0) is 0 Å². The van der Waals surface area contributed by atoms with Crippen molar-refractivity contribution in [3.05, 3.63) is 59.7 Å². The van der Waals surface area contributed by atoms with Gasteiger partial charge in [0.05, 0.1) is 0 Å². The van der Waals surface area contributed by atoms with Crippen LogP contribution in [-0.2, 0) is 15.4 Å². The van der Waals surface area contributed by atoms with Gasteiger partial charge in [0.2, 0.25) is 0 Å². The van der Waals surface area contributed by atoms with Gasteiger partial charge in [-0.15, -0.1) is 0 Å². The van der Waals surface area contributed by atoms with Gasteiger partial charge < -0.3 is 0 Å². The number of aryl methyl sites for hydroxylation is 2. The molecule has 0 spiro atoms. The van der Waals surface area contributed by atoms with Gasteiger partial charge in [-0.2, -0.15) is 36.4 Å². The summed E-state index contributed by atoms with van der Waals surface area (Å²) in [5.74, 6) is 0. The maximum absolute atomic E-state index is 4.90. The maximum atomic E-state index is 4.90. The second-order valence-corrected chi connectivity index (χ2v) is 8.38. The minimum atomic E-state index is -0.639. The van der Waals surface area contributed by atoms with E-state index in [-0.39, 0.29) is 0 Å². The van der Waals surface area contributed by atoms with E-state index in [1.165, 1.54) is 11.1 Å². The third kappa shape index (κ3) is 18.5. The topological polar surface area (TPSA) is 0 Å². The Morgan fingerprint density at radius 2 is 1.22 bits per heavy atom. The van der Waals surface area contributed by atoms with Gasteiger partial charge >= 0.3 is 34.7 Å². The van der Waals surface area contributed by atoms with Crippen molar-refractivity contribution in [1.29, 1.82) is 0 Å². The Morgan fingerprint density at radius 3 is 1.28 bits per heavy atom. The molecule has 0 aliphatic heterocycles. The molecule has 0 aromatic heterocycles. The van der Waals surface area contributed by atoms with E-state index in [0.29, 0.717) is 0 Å². The van der Waals surface area contributed by atoms with E-state index in [0.717, 1.165) is 9.52 Å². The van der Waals surface area contributed by atoms with Crippen LogP contribution in [0.3, 0.4) is 0 Å². The fourth-order valence-corrected chi connectivity index (χ4v) is 0.940. The molecule has 0 heterocycles. The molecule has 0 aliphatic carbocycles. The van der Waals surface area contributed by atoms with Gasteiger partial charge in [-0.1, -0.05) is 26.9 Å². The number of rotatable bonds is 0. The molecule has 18 heavy (non-hydrogen) atoms. The Morgan fingerprint density at radius 1 is 0.944 bits per heavy atom. The molecule has 0 nitrogen and oxygen atoms in total. The van der Waals surface area contributed by atoms with Crippen molar-refractivity contribution in [2.45, 2.75) is 26.9 Å². The first-order valence-electron chi connectivity index (χ1n) is 5.58. The van der Waals surface area contributed by atoms with E-state index in [9.17, 15) is 0 Å². The summed E-state index contributed by atoms with van der Waals surface area (Å²) in [4.78, 5) is 0. The molecule has 0 atom stereocenters. The zero-order chi connectivity index (χ0) is 14.2. The zero-order valence-electron chi connectivity index (χ0n) is 11.3. The van der Waals surface area contributed by atoms with Crippen LogP contribution in [0, 0.1) is 13.8 Å². The summed E-state index contributed by atoms with van der Waals surface area (Å²) in [7, 11) is 10.6. The third-order valence-electron chi connectivity index (χ3n) is 1.66. The summed E-state index contributed by atoms with van der Waals surface area (Å²) in [6, 6.07) is 16.5. The molecule has 0 bridgehead atoms. The average molecular weight is 479 g/mol. The van der Waals surface area contributed by atoms with Crippen molar-refractivity contribution in [2.24, 2.45) is 0 Å². The van der Waals surface area contributed by atoms with Crippen molar-refractivity contribution >= 4 is 28.8 Å². The summed E-state index contributed by atoms with van der Waals surface area (Å²) < 4.78 is 0. The SMILES string of the molecule is C[SiH]C.Cc1cc[cH-]c1.Cc1cc[cH-]c1.[Cl][Os][Cl]. The summed E-state index contributed by atoms with van der Waals surface area (Å²) in [6.45, 7) is 8.58. The van der Waals surface area contributed by atoms with E-state index >= 15 is 0 Å². The van der Waals surface area contributed by atoms with Crippen LogP contribution in [-0.4, -0.2) is 9.52 Å². The molecule has 1 radical (unpaired) electrons. The normalized spacial score (nSPS) is 8.11. The van der Waals surface area contributed by atoms with Crippen LogP contribution in [0.1, 0.15) is 11.1 Å². The van der Waals surface area contributed by atoms with Gasteiger partial charge in [0.15, 0.2) is 0 Å². The van der Waals surface area contributed by atoms with Crippen molar-refractivity contribution in [3.8, 4) is 0 Å². The second kappa shape index (κ2) is 17.1. The Balaban J connectivity index is 0. The van der Waals surface area contributed by atoms with Crippen molar-refractivity contribution < 1.29 is 15.4 Å². The van der Waals surface area contributed by atoms with Crippen molar-refractivity contribution in [2.75, 3.05) is 0 Å². The van der Waals surface area contributed by atoms with Gasteiger partial charge in [-0.3, -0.25) is 0 Å². The van der Waals surface area contributed by atoms with E-state index < -0.39 is 15.4 Å². The van der Waals surface area contributed by atoms with Crippen LogP contribution in [0.5, 0.6) is 0 Å². The standard InChI is InChI=1S/2C6H7.C2H7Si.2ClH.Os/c2*1-6-4-2-3-5-6;1-3-2;;;/h2*2-5H,1H3;3H,1-2H3;2*1H;/q2*-1;;;;+2/p-2. The van der Waals surface area contributed by atoms with E-state index in [1.54, 1.807) is 0 Å². The van der Waals surface area contributed by atoms with Gasteiger partial charge in [0.1, 0.15) is 0 Å². The molecule has 2 aromatic rings. The molecule has 0 saturated carbocycles. The van der Waals surface area contributed by atoms with Crippen LogP contribution in [0.15, 0.2) is 48.5 Å². The number of halogens is 2. The quantitative estimate of drug-likeness (QED) is 0.355. The van der Waals surface area contributed by atoms with Crippen LogP contribution >= 0.6 is 19.3 Å². The van der Waals surface area contributed by atoms with Gasteiger partial charge in [0, 0.05) is 9.52 Å². The fourth-order valence-electron chi connectivity index (χ4n) is 0.940. The predicted octanol–water partition coefficient (Wildman–Crippen LogP) is 5.32. The third-order valence-corrected chi connectivity index (χ3v) is 1.66. The number of hydrogen-bond donors (Lipinski definition) is 0. The summed E-state index contributed by atoms with van der Waals surface area (Å²) in [5, 5.41) is 0. The molecule has 4 heteroatoms. The Hall–Kier alpha value is 0.133. The predicted molar refractivity (Wildman–Crippen MR) is 84.1 cm³/mol. The summed E-state index contributed by atoms with van der Waals surface area (Å²) in [6.07, 6.45) is 0. The first kappa shape index (κ1) is 20.5. The zero-order valence-corrected chi connectivity index (χ0v) is 16.5. The fraction of sp³-hybridized carbons (Fsp3) is 0.286. The summed E-state index contributed by atoms with van der Waals surface area (Å²) >= 11 is -0.639. The van der Waals surface area contributed by atoms with Crippen LogP contribution < -0.4 is 0 Å². The first-order valence-corrected chi connectivity index (χ1v) is 14.2. The molecular formula is C14H21Cl2OsSi-2. The molecule has 0 saturated heterocycles. The monoisotopic (exact) mass is 479 g/mol. The van der Waals surface area contributed by atoms with Crippen LogP contribution in [0.4, 0.5) is 0 Å². The van der Waals surface area contributed by atoms with Gasteiger partial charge in [-0.25, -0.2) is 23.3 Å². The molecule has 0 N–H and O–H groups in total. The van der Waals surface area contributed by atoms with Crippen molar-refractivity contribution in [1.82, 2.24) is 0 Å². The Bertz CT molecular complexity index is 283. The molecule has 2 rings (SSSR count). The molecule has 2 aromatic carbocycles. The molecular weight excluding hydrogens is 457 g/mol. The molecule has 0 unspecified atom stereocenters. The van der Waals surface area contributed by atoms with Crippen LogP contribution in [0.2, 0.25) is 13.1 Å². The van der Waals surface area contributed by atoms with E-state index in [1.807, 2.05) is 24.3 Å². The van der Waals surface area contributed by atoms with Gasteiger partial charge in [0.25, 0.3) is 0 Å². The molecule has 105 valence electrons. The van der Waals surface area contributed by atoms with Crippen molar-refractivity contribution in [3.63, 3.8) is 0 Å².